The first-order valence-electron chi connectivity index (χ1n) is 10.1. The summed E-state index contributed by atoms with van der Waals surface area (Å²) in [5.41, 5.74) is 2.57. The summed E-state index contributed by atoms with van der Waals surface area (Å²) in [7, 11) is 3.21. The molecule has 164 valence electrons. The smallest absolute Gasteiger partial charge is 0.283 e. The number of hydrazone groups is 1. The molecule has 1 heterocycles. The summed E-state index contributed by atoms with van der Waals surface area (Å²) in [6.45, 7) is 2.81. The molecular weight excluding hydrogens is 398 g/mol. The quantitative estimate of drug-likeness (QED) is 0.454. The zero-order valence-electron chi connectivity index (χ0n) is 18.0. The van der Waals surface area contributed by atoms with Crippen LogP contribution < -0.4 is 14.2 Å². The lowest BCUT2D eigenvalue weighted by Crippen LogP contribution is -2.34. The third-order valence-electron chi connectivity index (χ3n) is 4.69. The standard InChI is InChI=1S/C23H27N3O5/c1-4-30-22-14-18(9-12-21(22)29-3)20-6-5-13-26(25-20)23(27)16-31-24-15-17-7-10-19(28-2)11-8-17/h7-12,14-15H,4-6,13,16H2,1-3H3/b24-15-. The molecule has 0 bridgehead atoms. The van der Waals surface area contributed by atoms with Crippen LogP contribution in [0.2, 0.25) is 0 Å². The van der Waals surface area contributed by atoms with Gasteiger partial charge in [0.1, 0.15) is 5.75 Å². The number of oxime groups is 1. The molecule has 0 spiro atoms. The molecule has 0 N–H and O–H groups in total. The number of nitrogens with zero attached hydrogens (tertiary/aromatic N) is 3. The van der Waals surface area contributed by atoms with Crippen LogP contribution in [0.4, 0.5) is 0 Å². The highest BCUT2D eigenvalue weighted by molar-refractivity contribution is 6.02. The number of rotatable bonds is 9. The Morgan fingerprint density at radius 1 is 1.13 bits per heavy atom. The van der Waals surface area contributed by atoms with Crippen molar-refractivity contribution in [1.29, 1.82) is 0 Å². The molecule has 0 atom stereocenters. The zero-order chi connectivity index (χ0) is 22.1. The van der Waals surface area contributed by atoms with Gasteiger partial charge in [-0.25, -0.2) is 5.01 Å². The molecule has 0 radical (unpaired) electrons. The van der Waals surface area contributed by atoms with Crippen molar-refractivity contribution < 1.29 is 23.8 Å². The highest BCUT2D eigenvalue weighted by atomic mass is 16.6. The first-order chi connectivity index (χ1) is 15.1. The molecule has 1 aliphatic heterocycles. The van der Waals surface area contributed by atoms with Crippen LogP contribution in [0.1, 0.15) is 30.9 Å². The van der Waals surface area contributed by atoms with Crippen LogP contribution in [0.3, 0.4) is 0 Å². The lowest BCUT2D eigenvalue weighted by Gasteiger charge is -2.23. The van der Waals surface area contributed by atoms with Gasteiger partial charge in [-0.15, -0.1) is 0 Å². The largest absolute Gasteiger partial charge is 0.497 e. The van der Waals surface area contributed by atoms with Crippen LogP contribution in [0.5, 0.6) is 17.2 Å². The predicted molar refractivity (Wildman–Crippen MR) is 118 cm³/mol. The van der Waals surface area contributed by atoms with E-state index >= 15 is 0 Å². The van der Waals surface area contributed by atoms with Gasteiger partial charge in [0.05, 0.1) is 32.8 Å². The average molecular weight is 425 g/mol. The molecule has 3 rings (SSSR count). The van der Waals surface area contributed by atoms with Crippen LogP contribution in [0, 0.1) is 0 Å². The van der Waals surface area contributed by atoms with E-state index in [1.165, 1.54) is 5.01 Å². The highest BCUT2D eigenvalue weighted by Gasteiger charge is 2.20. The molecule has 2 aromatic rings. The van der Waals surface area contributed by atoms with Crippen LogP contribution in [-0.4, -0.2) is 56.8 Å². The minimum atomic E-state index is -0.248. The molecular formula is C23H27N3O5. The Kier molecular flexibility index (Phi) is 7.86. The second-order valence-corrected chi connectivity index (χ2v) is 6.75. The number of ether oxygens (including phenoxy) is 3. The van der Waals surface area contributed by atoms with Crippen molar-refractivity contribution in [2.75, 3.05) is 34.0 Å². The molecule has 0 saturated carbocycles. The summed E-state index contributed by atoms with van der Waals surface area (Å²) in [6, 6.07) is 13.0. The molecule has 0 aliphatic carbocycles. The number of carbonyl (C=O) groups excluding carboxylic acids is 1. The fourth-order valence-electron chi connectivity index (χ4n) is 3.10. The third-order valence-corrected chi connectivity index (χ3v) is 4.69. The number of carbonyl (C=O) groups is 1. The monoisotopic (exact) mass is 425 g/mol. The lowest BCUT2D eigenvalue weighted by molar-refractivity contribution is -0.136. The van der Waals surface area contributed by atoms with Crippen molar-refractivity contribution in [3.8, 4) is 17.2 Å². The molecule has 1 aliphatic rings. The Morgan fingerprint density at radius 2 is 1.94 bits per heavy atom. The molecule has 8 heteroatoms. The van der Waals surface area contributed by atoms with Gasteiger partial charge in [-0.2, -0.15) is 5.10 Å². The van der Waals surface area contributed by atoms with Crippen LogP contribution in [0.15, 0.2) is 52.7 Å². The van der Waals surface area contributed by atoms with Gasteiger partial charge in [-0.3, -0.25) is 4.79 Å². The second kappa shape index (κ2) is 11.0. The van der Waals surface area contributed by atoms with Crippen molar-refractivity contribution in [2.45, 2.75) is 19.8 Å². The minimum Gasteiger partial charge on any atom is -0.497 e. The molecule has 2 aromatic carbocycles. The Hall–Kier alpha value is -3.55. The molecule has 31 heavy (non-hydrogen) atoms. The van der Waals surface area contributed by atoms with E-state index in [0.717, 1.165) is 35.4 Å². The molecule has 0 saturated heterocycles. The van der Waals surface area contributed by atoms with E-state index in [1.54, 1.807) is 20.4 Å². The third kappa shape index (κ3) is 5.97. The first kappa shape index (κ1) is 22.1. The van der Waals surface area contributed by atoms with E-state index in [9.17, 15) is 4.79 Å². The summed E-state index contributed by atoms with van der Waals surface area (Å²) in [4.78, 5) is 17.7. The lowest BCUT2D eigenvalue weighted by atomic mass is 10.0. The molecule has 1 amide bonds. The number of benzene rings is 2. The summed E-state index contributed by atoms with van der Waals surface area (Å²) in [5.74, 6) is 1.84. The van der Waals surface area contributed by atoms with E-state index < -0.39 is 0 Å². The maximum Gasteiger partial charge on any atom is 0.283 e. The van der Waals surface area contributed by atoms with Crippen LogP contribution in [-0.2, 0) is 9.63 Å². The van der Waals surface area contributed by atoms with Crippen molar-refractivity contribution in [2.24, 2.45) is 10.3 Å². The van der Waals surface area contributed by atoms with E-state index in [1.807, 2.05) is 49.4 Å². The molecule has 0 fully saturated rings. The summed E-state index contributed by atoms with van der Waals surface area (Å²) in [5, 5.41) is 9.83. The Labute approximate surface area is 182 Å². The van der Waals surface area contributed by atoms with E-state index in [4.69, 9.17) is 19.0 Å². The highest BCUT2D eigenvalue weighted by Crippen LogP contribution is 2.29. The van der Waals surface area contributed by atoms with Crippen molar-refractivity contribution in [3.05, 3.63) is 53.6 Å². The molecule has 8 nitrogen and oxygen atoms in total. The van der Waals surface area contributed by atoms with Gasteiger partial charge in [-0.1, -0.05) is 5.16 Å². The van der Waals surface area contributed by atoms with Crippen LogP contribution in [0.25, 0.3) is 0 Å². The summed E-state index contributed by atoms with van der Waals surface area (Å²) < 4.78 is 16.1. The maximum atomic E-state index is 12.5. The zero-order valence-corrected chi connectivity index (χ0v) is 18.0. The number of methoxy groups -OCH3 is 2. The maximum absolute atomic E-state index is 12.5. The van der Waals surface area contributed by atoms with Crippen molar-refractivity contribution in [1.82, 2.24) is 5.01 Å². The van der Waals surface area contributed by atoms with Crippen molar-refractivity contribution >= 4 is 17.8 Å². The Balaban J connectivity index is 1.60. The van der Waals surface area contributed by atoms with Gasteiger partial charge in [0.25, 0.3) is 5.91 Å². The first-order valence-corrected chi connectivity index (χ1v) is 10.1. The van der Waals surface area contributed by atoms with E-state index in [2.05, 4.69) is 10.3 Å². The number of hydrogen-bond donors (Lipinski definition) is 0. The average Bonchev–Trinajstić information content (AvgIpc) is 2.82. The number of amides is 1. The SMILES string of the molecule is CCOc1cc(C2=NN(C(=O)CO/N=C\c3ccc(OC)cc3)CCC2)ccc1OC. The van der Waals surface area contributed by atoms with Gasteiger partial charge < -0.3 is 19.0 Å². The van der Waals surface area contributed by atoms with Gasteiger partial charge in [0, 0.05) is 12.1 Å². The summed E-state index contributed by atoms with van der Waals surface area (Å²) in [6.07, 6.45) is 3.14. The Morgan fingerprint density at radius 3 is 2.65 bits per heavy atom. The van der Waals surface area contributed by atoms with E-state index in [0.29, 0.717) is 24.7 Å². The normalized spacial score (nSPS) is 13.6. The van der Waals surface area contributed by atoms with Crippen molar-refractivity contribution in [3.63, 3.8) is 0 Å². The fourth-order valence-corrected chi connectivity index (χ4v) is 3.10. The fraction of sp³-hybridized carbons (Fsp3) is 0.348. The molecule has 0 aromatic heterocycles. The van der Waals surface area contributed by atoms with Gasteiger partial charge in [0.15, 0.2) is 18.1 Å². The summed E-state index contributed by atoms with van der Waals surface area (Å²) >= 11 is 0. The topological polar surface area (TPSA) is 82.0 Å². The number of hydrogen-bond acceptors (Lipinski definition) is 7. The van der Waals surface area contributed by atoms with Gasteiger partial charge in [0.2, 0.25) is 0 Å². The Bertz CT molecular complexity index is 941. The minimum absolute atomic E-state index is 0.184. The van der Waals surface area contributed by atoms with Crippen LogP contribution >= 0.6 is 0 Å². The second-order valence-electron chi connectivity index (χ2n) is 6.75. The van der Waals surface area contributed by atoms with E-state index in [-0.39, 0.29) is 12.5 Å². The van der Waals surface area contributed by atoms with Gasteiger partial charge >= 0.3 is 0 Å². The predicted octanol–water partition coefficient (Wildman–Crippen LogP) is 3.48. The van der Waals surface area contributed by atoms with Gasteiger partial charge in [-0.05, 0) is 67.8 Å². The molecule has 0 unspecified atom stereocenters.